The Bertz CT molecular complexity index is 587. The van der Waals surface area contributed by atoms with E-state index < -0.39 is 0 Å². The van der Waals surface area contributed by atoms with Crippen molar-refractivity contribution in [2.75, 3.05) is 0 Å². The Morgan fingerprint density at radius 1 is 1.21 bits per heavy atom. The summed E-state index contributed by atoms with van der Waals surface area (Å²) in [6, 6.07) is 14.6. The maximum Gasteiger partial charge on any atom is 0.270 e. The van der Waals surface area contributed by atoms with E-state index in [0.717, 1.165) is 14.7 Å². The number of nitro benzene ring substituents is 1. The van der Waals surface area contributed by atoms with E-state index in [1.807, 2.05) is 30.3 Å². The lowest BCUT2D eigenvalue weighted by molar-refractivity contribution is -0.385. The van der Waals surface area contributed by atoms with Gasteiger partial charge in [-0.15, -0.1) is 0 Å². The number of halogens is 1. The van der Waals surface area contributed by atoms with Gasteiger partial charge in [0.05, 0.1) is 4.92 Å². The first-order valence-corrected chi connectivity index (χ1v) is 6.89. The van der Waals surface area contributed by atoms with Crippen molar-refractivity contribution < 1.29 is 4.92 Å². The number of nitro groups is 1. The third-order valence-electron chi connectivity index (χ3n) is 2.92. The SMILES string of the molecule is NC(Cc1ccc([N+](=O)[O-])cc1I)c1ccccc1. The predicted molar refractivity (Wildman–Crippen MR) is 82.9 cm³/mol. The highest BCUT2D eigenvalue weighted by molar-refractivity contribution is 14.1. The van der Waals surface area contributed by atoms with Gasteiger partial charge in [0.15, 0.2) is 0 Å². The average molecular weight is 368 g/mol. The average Bonchev–Trinajstić information content (AvgIpc) is 2.41. The number of benzene rings is 2. The molecule has 2 aromatic rings. The number of hydrogen-bond acceptors (Lipinski definition) is 3. The van der Waals surface area contributed by atoms with Crippen LogP contribution >= 0.6 is 22.6 Å². The summed E-state index contributed by atoms with van der Waals surface area (Å²) in [6.45, 7) is 0. The summed E-state index contributed by atoms with van der Waals surface area (Å²) in [6.07, 6.45) is 0.667. The molecule has 98 valence electrons. The van der Waals surface area contributed by atoms with Crippen molar-refractivity contribution in [2.24, 2.45) is 5.73 Å². The molecule has 5 heteroatoms. The van der Waals surface area contributed by atoms with Gasteiger partial charge < -0.3 is 5.73 Å². The third-order valence-corrected chi connectivity index (χ3v) is 3.92. The quantitative estimate of drug-likeness (QED) is 0.511. The lowest BCUT2D eigenvalue weighted by atomic mass is 10.00. The van der Waals surface area contributed by atoms with Crippen LogP contribution in [0.1, 0.15) is 17.2 Å². The van der Waals surface area contributed by atoms with Crippen LogP contribution in [0.4, 0.5) is 5.69 Å². The molecule has 0 amide bonds. The van der Waals surface area contributed by atoms with Crippen LogP contribution in [0, 0.1) is 13.7 Å². The molecule has 19 heavy (non-hydrogen) atoms. The molecule has 0 saturated carbocycles. The van der Waals surface area contributed by atoms with Crippen LogP contribution in [0.3, 0.4) is 0 Å². The van der Waals surface area contributed by atoms with Crippen LogP contribution in [0.5, 0.6) is 0 Å². The molecule has 2 rings (SSSR count). The minimum Gasteiger partial charge on any atom is -0.324 e. The van der Waals surface area contributed by atoms with Gasteiger partial charge in [-0.3, -0.25) is 10.1 Å². The second-order valence-electron chi connectivity index (χ2n) is 4.25. The predicted octanol–water partition coefficient (Wildman–Crippen LogP) is 3.44. The fourth-order valence-electron chi connectivity index (χ4n) is 1.87. The Morgan fingerprint density at radius 2 is 1.89 bits per heavy atom. The lowest BCUT2D eigenvalue weighted by Gasteiger charge is -2.13. The van der Waals surface area contributed by atoms with Gasteiger partial charge in [-0.25, -0.2) is 0 Å². The molecule has 2 aromatic carbocycles. The summed E-state index contributed by atoms with van der Waals surface area (Å²) in [7, 11) is 0. The molecule has 0 aromatic heterocycles. The number of non-ortho nitro benzene ring substituents is 1. The number of nitrogens with zero attached hydrogens (tertiary/aromatic N) is 1. The number of hydrogen-bond donors (Lipinski definition) is 1. The van der Waals surface area contributed by atoms with Gasteiger partial charge in [0, 0.05) is 21.7 Å². The zero-order valence-electron chi connectivity index (χ0n) is 10.1. The summed E-state index contributed by atoms with van der Waals surface area (Å²) in [4.78, 5) is 10.3. The lowest BCUT2D eigenvalue weighted by Crippen LogP contribution is -2.13. The van der Waals surface area contributed by atoms with E-state index in [9.17, 15) is 10.1 Å². The van der Waals surface area contributed by atoms with E-state index in [2.05, 4.69) is 22.6 Å². The van der Waals surface area contributed by atoms with E-state index in [1.54, 1.807) is 12.1 Å². The van der Waals surface area contributed by atoms with Crippen LogP contribution < -0.4 is 5.73 Å². The summed E-state index contributed by atoms with van der Waals surface area (Å²) in [5, 5.41) is 10.7. The Hall–Kier alpha value is -1.47. The van der Waals surface area contributed by atoms with Crippen molar-refractivity contribution in [2.45, 2.75) is 12.5 Å². The van der Waals surface area contributed by atoms with Crippen LogP contribution in [-0.4, -0.2) is 4.92 Å². The molecule has 0 aliphatic heterocycles. The van der Waals surface area contributed by atoms with Crippen molar-refractivity contribution in [3.8, 4) is 0 Å². The first-order chi connectivity index (χ1) is 9.08. The molecule has 0 saturated heterocycles. The van der Waals surface area contributed by atoms with Crippen molar-refractivity contribution in [3.05, 3.63) is 73.3 Å². The highest BCUT2D eigenvalue weighted by Crippen LogP contribution is 2.23. The second kappa shape index (κ2) is 6.12. The second-order valence-corrected chi connectivity index (χ2v) is 5.42. The molecule has 0 spiro atoms. The molecular weight excluding hydrogens is 355 g/mol. The maximum atomic E-state index is 10.7. The summed E-state index contributed by atoms with van der Waals surface area (Å²) in [5.41, 5.74) is 8.37. The number of nitrogens with two attached hydrogens (primary N) is 1. The molecule has 1 atom stereocenters. The summed E-state index contributed by atoms with van der Waals surface area (Å²) >= 11 is 2.11. The molecule has 0 aliphatic rings. The zero-order valence-corrected chi connectivity index (χ0v) is 12.3. The molecule has 0 radical (unpaired) electrons. The largest absolute Gasteiger partial charge is 0.324 e. The van der Waals surface area contributed by atoms with Crippen LogP contribution in [-0.2, 0) is 6.42 Å². The van der Waals surface area contributed by atoms with Crippen LogP contribution in [0.25, 0.3) is 0 Å². The Morgan fingerprint density at radius 3 is 2.47 bits per heavy atom. The molecule has 4 nitrogen and oxygen atoms in total. The van der Waals surface area contributed by atoms with Gasteiger partial charge in [0.25, 0.3) is 5.69 Å². The van der Waals surface area contributed by atoms with Gasteiger partial charge in [-0.05, 0) is 40.1 Å². The molecular formula is C14H13IN2O2. The van der Waals surface area contributed by atoms with E-state index in [4.69, 9.17) is 5.73 Å². The minimum absolute atomic E-state index is 0.101. The first kappa shape index (κ1) is 14.0. The maximum absolute atomic E-state index is 10.7. The van der Waals surface area contributed by atoms with E-state index >= 15 is 0 Å². The molecule has 0 heterocycles. The minimum atomic E-state index is -0.386. The topological polar surface area (TPSA) is 69.2 Å². The summed E-state index contributed by atoms with van der Waals surface area (Å²) < 4.78 is 0.873. The van der Waals surface area contributed by atoms with Crippen molar-refractivity contribution >= 4 is 28.3 Å². The van der Waals surface area contributed by atoms with Gasteiger partial charge in [-0.2, -0.15) is 0 Å². The molecule has 0 bridgehead atoms. The molecule has 1 unspecified atom stereocenters. The molecule has 0 aliphatic carbocycles. The van der Waals surface area contributed by atoms with Crippen LogP contribution in [0.15, 0.2) is 48.5 Å². The fraction of sp³-hybridized carbons (Fsp3) is 0.143. The zero-order chi connectivity index (χ0) is 13.8. The van der Waals surface area contributed by atoms with Crippen molar-refractivity contribution in [1.29, 1.82) is 0 Å². The Balaban J connectivity index is 2.18. The van der Waals surface area contributed by atoms with E-state index in [-0.39, 0.29) is 16.7 Å². The molecule has 0 fully saturated rings. The van der Waals surface area contributed by atoms with Gasteiger partial charge in [0.1, 0.15) is 0 Å². The number of rotatable bonds is 4. The summed E-state index contributed by atoms with van der Waals surface area (Å²) in [5.74, 6) is 0. The Labute approximate surface area is 124 Å². The highest BCUT2D eigenvalue weighted by atomic mass is 127. The van der Waals surface area contributed by atoms with E-state index in [0.29, 0.717) is 6.42 Å². The highest BCUT2D eigenvalue weighted by Gasteiger charge is 2.12. The van der Waals surface area contributed by atoms with Crippen LogP contribution in [0.2, 0.25) is 0 Å². The van der Waals surface area contributed by atoms with Crippen molar-refractivity contribution in [1.82, 2.24) is 0 Å². The smallest absolute Gasteiger partial charge is 0.270 e. The third kappa shape index (κ3) is 3.51. The first-order valence-electron chi connectivity index (χ1n) is 5.81. The van der Waals surface area contributed by atoms with Gasteiger partial charge in [0.2, 0.25) is 0 Å². The fourth-order valence-corrected chi connectivity index (χ4v) is 2.59. The van der Waals surface area contributed by atoms with E-state index in [1.165, 1.54) is 6.07 Å². The standard InChI is InChI=1S/C14H13IN2O2/c15-13-9-12(17(18)19)7-6-11(13)8-14(16)10-4-2-1-3-5-10/h1-7,9,14H,8,16H2. The van der Waals surface area contributed by atoms with Gasteiger partial charge >= 0.3 is 0 Å². The molecule has 2 N–H and O–H groups in total. The Kier molecular flexibility index (Phi) is 4.49. The monoisotopic (exact) mass is 368 g/mol. The van der Waals surface area contributed by atoms with Crippen molar-refractivity contribution in [3.63, 3.8) is 0 Å². The normalized spacial score (nSPS) is 12.1. The van der Waals surface area contributed by atoms with Gasteiger partial charge in [-0.1, -0.05) is 36.4 Å².